The van der Waals surface area contributed by atoms with Gasteiger partial charge >= 0.3 is 0 Å². The van der Waals surface area contributed by atoms with Crippen LogP contribution in [-0.4, -0.2) is 9.97 Å². The number of hydrogen-bond acceptors (Lipinski definition) is 3. The van der Waals surface area contributed by atoms with Gasteiger partial charge < -0.3 is 10.3 Å². The van der Waals surface area contributed by atoms with E-state index in [1.807, 2.05) is 19.9 Å². The number of nitriles is 1. The van der Waals surface area contributed by atoms with E-state index in [0.29, 0.717) is 12.2 Å². The molecule has 0 aliphatic carbocycles. The zero-order valence-corrected chi connectivity index (χ0v) is 10.2. The lowest BCUT2D eigenvalue weighted by atomic mass is 10.2. The number of halogens is 1. The number of imidazole rings is 1. The molecule has 18 heavy (non-hydrogen) atoms. The number of H-pyrrole nitrogens is 1. The van der Waals surface area contributed by atoms with Crippen LogP contribution in [-0.2, 0) is 6.54 Å². The number of aromatic nitrogens is 2. The first-order chi connectivity index (χ1) is 8.60. The number of aryl methyl sites for hydroxylation is 2. The maximum absolute atomic E-state index is 13.1. The van der Waals surface area contributed by atoms with Gasteiger partial charge in [-0.05, 0) is 32.0 Å². The summed E-state index contributed by atoms with van der Waals surface area (Å²) in [5.41, 5.74) is 2.72. The van der Waals surface area contributed by atoms with Gasteiger partial charge in [-0.2, -0.15) is 5.26 Å². The topological polar surface area (TPSA) is 64.5 Å². The number of nitrogens with zero attached hydrogens (tertiary/aromatic N) is 2. The molecule has 0 saturated heterocycles. The Morgan fingerprint density at radius 2 is 2.22 bits per heavy atom. The summed E-state index contributed by atoms with van der Waals surface area (Å²) in [7, 11) is 0. The Morgan fingerprint density at radius 1 is 1.44 bits per heavy atom. The molecule has 0 fully saturated rings. The normalized spacial score (nSPS) is 10.1. The number of benzene rings is 1. The van der Waals surface area contributed by atoms with Crippen LogP contribution in [0.2, 0.25) is 0 Å². The van der Waals surface area contributed by atoms with Crippen molar-refractivity contribution >= 4 is 5.69 Å². The Morgan fingerprint density at radius 3 is 2.83 bits per heavy atom. The van der Waals surface area contributed by atoms with Gasteiger partial charge in [-0.25, -0.2) is 9.37 Å². The van der Waals surface area contributed by atoms with Gasteiger partial charge in [-0.3, -0.25) is 0 Å². The number of anilines is 1. The molecule has 5 heteroatoms. The third kappa shape index (κ3) is 2.48. The molecule has 0 spiro atoms. The Labute approximate surface area is 104 Å². The highest BCUT2D eigenvalue weighted by Crippen LogP contribution is 2.14. The molecule has 2 rings (SSSR count). The predicted molar refractivity (Wildman–Crippen MR) is 66.5 cm³/mol. The van der Waals surface area contributed by atoms with Crippen LogP contribution in [0, 0.1) is 31.0 Å². The highest BCUT2D eigenvalue weighted by Gasteiger charge is 2.04. The van der Waals surface area contributed by atoms with Crippen molar-refractivity contribution in [3.63, 3.8) is 0 Å². The average molecular weight is 244 g/mol. The minimum Gasteiger partial charge on any atom is -0.378 e. The molecule has 1 aromatic carbocycles. The molecule has 0 unspecified atom stereocenters. The van der Waals surface area contributed by atoms with Gasteiger partial charge in [0.05, 0.1) is 17.8 Å². The molecule has 0 bridgehead atoms. The van der Waals surface area contributed by atoms with Crippen molar-refractivity contribution in [2.75, 3.05) is 5.32 Å². The van der Waals surface area contributed by atoms with Crippen LogP contribution in [0.15, 0.2) is 18.2 Å². The van der Waals surface area contributed by atoms with Gasteiger partial charge in [-0.15, -0.1) is 0 Å². The van der Waals surface area contributed by atoms with Crippen molar-refractivity contribution in [1.29, 1.82) is 5.26 Å². The van der Waals surface area contributed by atoms with Gasteiger partial charge in [0.1, 0.15) is 17.7 Å². The summed E-state index contributed by atoms with van der Waals surface area (Å²) in [6, 6.07) is 6.17. The zero-order valence-electron chi connectivity index (χ0n) is 10.2. The molecule has 1 aromatic heterocycles. The van der Waals surface area contributed by atoms with Crippen LogP contribution >= 0.6 is 0 Å². The van der Waals surface area contributed by atoms with E-state index in [2.05, 4.69) is 15.3 Å². The van der Waals surface area contributed by atoms with Crippen LogP contribution in [0.5, 0.6) is 0 Å². The number of aromatic amines is 1. The first kappa shape index (κ1) is 12.1. The Balaban J connectivity index is 2.09. The summed E-state index contributed by atoms with van der Waals surface area (Å²) in [4.78, 5) is 7.47. The quantitative estimate of drug-likeness (QED) is 0.872. The molecule has 92 valence electrons. The molecule has 1 heterocycles. The van der Waals surface area contributed by atoms with Gasteiger partial charge in [0.2, 0.25) is 0 Å². The fourth-order valence-corrected chi connectivity index (χ4v) is 1.61. The van der Waals surface area contributed by atoms with Gasteiger partial charge in [0.15, 0.2) is 0 Å². The molecule has 2 aromatic rings. The molecular weight excluding hydrogens is 231 g/mol. The summed E-state index contributed by atoms with van der Waals surface area (Å²) in [5.74, 6) is 0.306. The lowest BCUT2D eigenvalue weighted by Gasteiger charge is -2.04. The number of nitrogens with one attached hydrogen (secondary N) is 2. The second kappa shape index (κ2) is 4.88. The molecule has 0 saturated carbocycles. The van der Waals surface area contributed by atoms with Crippen molar-refractivity contribution in [3.8, 4) is 6.07 Å². The monoisotopic (exact) mass is 244 g/mol. The van der Waals surface area contributed by atoms with E-state index in [1.165, 1.54) is 12.1 Å². The Kier molecular flexibility index (Phi) is 3.28. The summed E-state index contributed by atoms with van der Waals surface area (Å²) < 4.78 is 13.1. The van der Waals surface area contributed by atoms with Crippen molar-refractivity contribution in [1.82, 2.24) is 9.97 Å². The van der Waals surface area contributed by atoms with Gasteiger partial charge in [0, 0.05) is 11.4 Å². The summed E-state index contributed by atoms with van der Waals surface area (Å²) >= 11 is 0. The second-order valence-corrected chi connectivity index (χ2v) is 4.05. The van der Waals surface area contributed by atoms with E-state index in [1.54, 1.807) is 6.07 Å². The molecule has 4 nitrogen and oxygen atoms in total. The summed E-state index contributed by atoms with van der Waals surface area (Å²) in [6.07, 6.45) is 0. The average Bonchev–Trinajstić information content (AvgIpc) is 2.68. The molecule has 0 amide bonds. The summed E-state index contributed by atoms with van der Waals surface area (Å²) in [6.45, 7) is 4.39. The highest BCUT2D eigenvalue weighted by atomic mass is 19.1. The minimum absolute atomic E-state index is 0.0341. The third-order valence-corrected chi connectivity index (χ3v) is 2.72. The van der Waals surface area contributed by atoms with E-state index >= 15 is 0 Å². The van der Waals surface area contributed by atoms with E-state index in [-0.39, 0.29) is 5.56 Å². The molecule has 0 radical (unpaired) electrons. The maximum atomic E-state index is 13.1. The lowest BCUT2D eigenvalue weighted by Crippen LogP contribution is -2.02. The smallest absolute Gasteiger partial charge is 0.141 e. The van der Waals surface area contributed by atoms with Crippen LogP contribution < -0.4 is 5.32 Å². The molecule has 0 atom stereocenters. The fraction of sp³-hybridized carbons (Fsp3) is 0.231. The first-order valence-electron chi connectivity index (χ1n) is 5.55. The van der Waals surface area contributed by atoms with Crippen LogP contribution in [0.1, 0.15) is 22.8 Å². The van der Waals surface area contributed by atoms with Crippen molar-refractivity contribution in [2.45, 2.75) is 20.4 Å². The number of hydrogen-bond donors (Lipinski definition) is 2. The van der Waals surface area contributed by atoms with Crippen LogP contribution in [0.4, 0.5) is 10.1 Å². The maximum Gasteiger partial charge on any atom is 0.141 e. The predicted octanol–water partition coefficient (Wildman–Crippen LogP) is 2.65. The van der Waals surface area contributed by atoms with Crippen molar-refractivity contribution in [3.05, 3.63) is 46.8 Å². The van der Waals surface area contributed by atoms with E-state index < -0.39 is 5.82 Å². The molecule has 0 aliphatic heterocycles. The second-order valence-electron chi connectivity index (χ2n) is 4.05. The molecule has 0 aliphatic rings. The zero-order chi connectivity index (χ0) is 13.1. The fourth-order valence-electron chi connectivity index (χ4n) is 1.61. The van der Waals surface area contributed by atoms with E-state index in [4.69, 9.17) is 5.26 Å². The minimum atomic E-state index is -0.507. The molecule has 2 N–H and O–H groups in total. The SMILES string of the molecule is Cc1nc(CNc2ccc(F)c(C#N)c2)[nH]c1C. The first-order valence-corrected chi connectivity index (χ1v) is 5.55. The Hall–Kier alpha value is -2.35. The van der Waals surface area contributed by atoms with Crippen LogP contribution in [0.25, 0.3) is 0 Å². The largest absolute Gasteiger partial charge is 0.378 e. The Bertz CT molecular complexity index is 590. The van der Waals surface area contributed by atoms with Crippen molar-refractivity contribution < 1.29 is 4.39 Å². The van der Waals surface area contributed by atoms with Crippen LogP contribution in [0.3, 0.4) is 0 Å². The number of rotatable bonds is 3. The molecular formula is C13H13FN4. The third-order valence-electron chi connectivity index (χ3n) is 2.72. The van der Waals surface area contributed by atoms with Crippen molar-refractivity contribution in [2.24, 2.45) is 0 Å². The summed E-state index contributed by atoms with van der Waals surface area (Å²) in [5, 5.41) is 11.8. The van der Waals surface area contributed by atoms with E-state index in [0.717, 1.165) is 17.2 Å². The van der Waals surface area contributed by atoms with Gasteiger partial charge in [-0.1, -0.05) is 0 Å². The standard InChI is InChI=1S/C13H13FN4/c1-8-9(2)18-13(17-8)7-16-11-3-4-12(14)10(5-11)6-15/h3-5,16H,7H2,1-2H3,(H,17,18). The van der Waals surface area contributed by atoms with E-state index in [9.17, 15) is 4.39 Å². The van der Waals surface area contributed by atoms with Gasteiger partial charge in [0.25, 0.3) is 0 Å². The highest BCUT2D eigenvalue weighted by molar-refractivity contribution is 5.49. The lowest BCUT2D eigenvalue weighted by molar-refractivity contribution is 0.624.